The number of hydrogen-bond donors (Lipinski definition) is 4. The van der Waals surface area contributed by atoms with Crippen LogP contribution in [0.25, 0.3) is 31.6 Å². The van der Waals surface area contributed by atoms with Crippen LogP contribution in [0.15, 0.2) is 89.7 Å². The lowest BCUT2D eigenvalue weighted by Gasteiger charge is -2.11. The molecule has 5 rings (SSSR count). The number of phenolic OH excluding ortho intramolecular Hbond substituents is 1. The lowest BCUT2D eigenvalue weighted by Crippen LogP contribution is -2.00. The number of aryl methyl sites for hydroxylation is 1. The molecule has 1 heterocycles. The molecule has 0 fully saturated rings. The maximum atomic E-state index is 12.2. The summed E-state index contributed by atoms with van der Waals surface area (Å²) in [6.07, 6.45) is 0. The van der Waals surface area contributed by atoms with Gasteiger partial charge < -0.3 is 5.11 Å². The van der Waals surface area contributed by atoms with Gasteiger partial charge in [-0.25, -0.2) is 10.2 Å². The molecule has 0 saturated carbocycles. The van der Waals surface area contributed by atoms with Gasteiger partial charge in [0.2, 0.25) is 0 Å². The van der Waals surface area contributed by atoms with Crippen LogP contribution in [0.2, 0.25) is 0 Å². The molecule has 0 bridgehead atoms. The molecule has 0 saturated heterocycles. The highest BCUT2D eigenvalue weighted by atomic mass is 32.2. The highest BCUT2D eigenvalue weighted by Gasteiger charge is 2.24. The third kappa shape index (κ3) is 6.31. The van der Waals surface area contributed by atoms with E-state index in [9.17, 15) is 31.0 Å². The Kier molecular flexibility index (Phi) is 8.75. The van der Waals surface area contributed by atoms with Crippen LogP contribution < -0.4 is 0 Å². The summed E-state index contributed by atoms with van der Waals surface area (Å²) in [4.78, 5) is 3.75. The van der Waals surface area contributed by atoms with Crippen LogP contribution in [0.3, 0.4) is 0 Å². The van der Waals surface area contributed by atoms with Crippen molar-refractivity contribution in [3.8, 4) is 16.3 Å². The number of aromatic nitrogens is 1. The van der Waals surface area contributed by atoms with Crippen molar-refractivity contribution in [3.05, 3.63) is 60.2 Å². The second-order valence-electron chi connectivity index (χ2n) is 8.91. The molecule has 0 aliphatic carbocycles. The third-order valence-corrected chi connectivity index (χ3v) is 9.93. The van der Waals surface area contributed by atoms with E-state index in [4.69, 9.17) is 5.26 Å². The molecule has 0 atom stereocenters. The topological polar surface area (TPSA) is 230 Å². The zero-order chi connectivity index (χ0) is 31.8. The molecule has 15 nitrogen and oxygen atoms in total. The highest BCUT2D eigenvalue weighted by Crippen LogP contribution is 2.45. The van der Waals surface area contributed by atoms with Gasteiger partial charge in [-0.2, -0.15) is 32.2 Å². The van der Waals surface area contributed by atoms with E-state index < -0.39 is 36.6 Å². The van der Waals surface area contributed by atoms with Gasteiger partial charge in [0.15, 0.2) is 5.75 Å². The lowest BCUT2D eigenvalue weighted by atomic mass is 10.1. The van der Waals surface area contributed by atoms with Crippen molar-refractivity contribution in [3.63, 3.8) is 0 Å². The van der Waals surface area contributed by atoms with E-state index in [-0.39, 0.29) is 31.9 Å². The Morgan fingerprint density at radius 2 is 1.66 bits per heavy atom. The maximum absolute atomic E-state index is 12.2. The Morgan fingerprint density at radius 3 is 2.30 bits per heavy atom. The first-order valence-electron chi connectivity index (χ1n) is 12.0. The molecule has 0 amide bonds. The molecule has 0 aliphatic heterocycles. The first kappa shape index (κ1) is 31.5. The van der Waals surface area contributed by atoms with Crippen molar-refractivity contribution in [2.75, 3.05) is 7.05 Å². The Hall–Kier alpha value is -3.92. The summed E-state index contributed by atoms with van der Waals surface area (Å²) in [6, 6.07) is 13.3. The van der Waals surface area contributed by atoms with Crippen molar-refractivity contribution in [1.29, 1.82) is 0 Å². The molecule has 0 unspecified atom stereocenters. The zero-order valence-corrected chi connectivity index (χ0v) is 25.6. The predicted octanol–water partition coefficient (Wildman–Crippen LogP) is 7.18. The number of fused-ring (bicyclic) bond motifs is 2. The van der Waals surface area contributed by atoms with Gasteiger partial charge in [-0.15, -0.1) is 20.8 Å². The molecule has 4 aromatic carbocycles. The SMILES string of the molecule is CN=Nc1cc2c(O)c(N=Nc3ccc(-c4nc5ccc(C)c(S(=O)(=O)O)c5s4)cc3)c(S(=O)(=O)O)cc2cc1SOOO. The van der Waals surface area contributed by atoms with Gasteiger partial charge in [-0.1, -0.05) is 11.1 Å². The van der Waals surface area contributed by atoms with Crippen molar-refractivity contribution in [2.24, 2.45) is 20.5 Å². The quantitative estimate of drug-likeness (QED) is 0.0399. The minimum atomic E-state index is -4.90. The van der Waals surface area contributed by atoms with Crippen LogP contribution in [0, 0.1) is 6.92 Å². The summed E-state index contributed by atoms with van der Waals surface area (Å²) in [6.45, 7) is 1.57. The first-order chi connectivity index (χ1) is 20.8. The fourth-order valence-corrected chi connectivity index (χ4v) is 7.69. The van der Waals surface area contributed by atoms with Gasteiger partial charge in [0.1, 0.15) is 26.2 Å². The zero-order valence-electron chi connectivity index (χ0n) is 22.3. The number of thiazole rings is 1. The van der Waals surface area contributed by atoms with Crippen LogP contribution in [-0.4, -0.2) is 48.3 Å². The van der Waals surface area contributed by atoms with Gasteiger partial charge in [0.25, 0.3) is 20.2 Å². The van der Waals surface area contributed by atoms with Crippen molar-refractivity contribution < 1.29 is 45.7 Å². The monoisotopic (exact) mass is 677 g/mol. The highest BCUT2D eigenvalue weighted by molar-refractivity contribution is 7.94. The van der Waals surface area contributed by atoms with E-state index in [1.165, 1.54) is 31.3 Å². The number of aromatic hydroxyl groups is 1. The average Bonchev–Trinajstić information content (AvgIpc) is 3.39. The van der Waals surface area contributed by atoms with Crippen LogP contribution in [0.5, 0.6) is 5.75 Å². The standard InChI is InChI=1S/C25H19N5O10S4/c1-12-3-8-17-23(24(12)44(36,37)38)41-25(27-17)13-4-6-15(7-5-13)28-30-21-20(43(33,34)35)10-14-9-19(42-40-39-32)18(29-26-2)11-16(14)22(21)31/h3-11,31-32H,1-2H3,(H,33,34,35)(H,36,37,38). The molecule has 0 radical (unpaired) electrons. The van der Waals surface area contributed by atoms with Crippen LogP contribution in [0.1, 0.15) is 5.56 Å². The second kappa shape index (κ2) is 12.2. The molecule has 0 spiro atoms. The van der Waals surface area contributed by atoms with Gasteiger partial charge in [-0.05, 0) is 66.4 Å². The fraction of sp³-hybridized carbons (Fsp3) is 0.0800. The molecule has 0 aliphatic rings. The number of rotatable bonds is 9. The van der Waals surface area contributed by atoms with Crippen LogP contribution >= 0.6 is 23.4 Å². The van der Waals surface area contributed by atoms with E-state index in [1.54, 1.807) is 31.2 Å². The van der Waals surface area contributed by atoms with E-state index in [2.05, 4.69) is 34.8 Å². The molecule has 228 valence electrons. The summed E-state index contributed by atoms with van der Waals surface area (Å²) in [5.41, 5.74) is 1.22. The normalized spacial score (nSPS) is 12.8. The van der Waals surface area contributed by atoms with Gasteiger partial charge in [0.05, 0.1) is 32.8 Å². The molecular formula is C25H19N5O10S4. The van der Waals surface area contributed by atoms with E-state index in [0.29, 0.717) is 38.4 Å². The number of azo groups is 2. The van der Waals surface area contributed by atoms with Crippen LogP contribution in [0.4, 0.5) is 17.1 Å². The van der Waals surface area contributed by atoms with Crippen molar-refractivity contribution in [2.45, 2.75) is 21.6 Å². The summed E-state index contributed by atoms with van der Waals surface area (Å²) < 4.78 is 72.7. The Labute approximate surface area is 257 Å². The number of phenols is 1. The molecule has 4 N–H and O–H groups in total. The van der Waals surface area contributed by atoms with Gasteiger partial charge in [-0.3, -0.25) is 9.11 Å². The molecule has 1 aromatic heterocycles. The number of benzene rings is 4. The molecule has 19 heteroatoms. The molecule has 5 aromatic rings. The fourth-order valence-electron chi connectivity index (χ4n) is 4.25. The van der Waals surface area contributed by atoms with Crippen LogP contribution in [-0.2, 0) is 29.6 Å². The summed E-state index contributed by atoms with van der Waals surface area (Å²) in [5.74, 6) is -0.627. The van der Waals surface area contributed by atoms with E-state index >= 15 is 0 Å². The first-order valence-corrected chi connectivity index (χ1v) is 16.4. The minimum absolute atomic E-state index is 0.0914. The smallest absolute Gasteiger partial charge is 0.296 e. The van der Waals surface area contributed by atoms with E-state index in [1.807, 2.05) is 0 Å². The third-order valence-electron chi connectivity index (χ3n) is 6.12. The molecular weight excluding hydrogens is 659 g/mol. The predicted molar refractivity (Wildman–Crippen MR) is 160 cm³/mol. The average molecular weight is 678 g/mol. The Bertz CT molecular complexity index is 2200. The van der Waals surface area contributed by atoms with Gasteiger partial charge >= 0.3 is 0 Å². The summed E-state index contributed by atoms with van der Waals surface area (Å²) in [7, 11) is -7.99. The maximum Gasteiger partial charge on any atom is 0.296 e. The van der Waals surface area contributed by atoms with Crippen molar-refractivity contribution >= 4 is 81.7 Å². The molecule has 44 heavy (non-hydrogen) atoms. The number of hydrogen-bond acceptors (Lipinski definition) is 15. The Balaban J connectivity index is 1.54. The minimum Gasteiger partial charge on any atom is -0.505 e. The lowest BCUT2D eigenvalue weighted by molar-refractivity contribution is -0.432. The summed E-state index contributed by atoms with van der Waals surface area (Å²) in [5, 5.41) is 39.3. The van der Waals surface area contributed by atoms with Crippen molar-refractivity contribution in [1.82, 2.24) is 4.98 Å². The largest absolute Gasteiger partial charge is 0.505 e. The van der Waals surface area contributed by atoms with E-state index in [0.717, 1.165) is 17.4 Å². The summed E-state index contributed by atoms with van der Waals surface area (Å²) >= 11 is 1.61. The number of nitrogens with zero attached hydrogens (tertiary/aromatic N) is 5. The Morgan fingerprint density at radius 1 is 0.932 bits per heavy atom. The van der Waals surface area contributed by atoms with Gasteiger partial charge in [0, 0.05) is 18.0 Å². The second-order valence-corrected chi connectivity index (χ2v) is 13.4.